The molecule has 1 rings (SSSR count). The van der Waals surface area contributed by atoms with Crippen LogP contribution >= 0.6 is 0 Å². The van der Waals surface area contributed by atoms with Gasteiger partial charge in [0.25, 0.3) is 0 Å². The molecule has 2 atom stereocenters. The lowest BCUT2D eigenvalue weighted by Gasteiger charge is -2.09. The van der Waals surface area contributed by atoms with Crippen molar-refractivity contribution >= 4 is 0 Å². The summed E-state index contributed by atoms with van der Waals surface area (Å²) in [6.07, 6.45) is 0.131. The second-order valence-corrected chi connectivity index (χ2v) is 2.09. The number of alkyl halides is 1. The van der Waals surface area contributed by atoms with Gasteiger partial charge in [-0.3, -0.25) is 0 Å². The van der Waals surface area contributed by atoms with Crippen LogP contribution in [0, 0.1) is 7.05 Å². The van der Waals surface area contributed by atoms with Crippen molar-refractivity contribution in [3.05, 3.63) is 7.05 Å². The van der Waals surface area contributed by atoms with Crippen molar-refractivity contribution in [3.63, 3.8) is 0 Å². The predicted molar refractivity (Wildman–Crippen MR) is 25.6 cm³/mol. The molecule has 0 aliphatic carbocycles. The SMILES string of the molecule is [CH2-][NH+]1CCC(F)C1. The summed E-state index contributed by atoms with van der Waals surface area (Å²) in [6, 6.07) is 0. The summed E-state index contributed by atoms with van der Waals surface area (Å²) in [6.45, 7) is 1.52. The highest BCUT2D eigenvalue weighted by Gasteiger charge is 2.17. The number of likely N-dealkylation sites (tertiary alicyclic amines) is 1. The summed E-state index contributed by atoms with van der Waals surface area (Å²) >= 11 is 0. The van der Waals surface area contributed by atoms with Crippen molar-refractivity contribution in [2.75, 3.05) is 13.1 Å². The Bertz CT molecular complexity index is 57.1. The van der Waals surface area contributed by atoms with E-state index in [-0.39, 0.29) is 0 Å². The van der Waals surface area contributed by atoms with E-state index in [4.69, 9.17) is 0 Å². The Morgan fingerprint density at radius 1 is 1.71 bits per heavy atom. The van der Waals surface area contributed by atoms with Gasteiger partial charge in [-0.15, -0.1) is 0 Å². The molecule has 1 saturated heterocycles. The van der Waals surface area contributed by atoms with Crippen molar-refractivity contribution < 1.29 is 9.29 Å². The molecule has 1 aliphatic rings. The summed E-state index contributed by atoms with van der Waals surface area (Å²) in [7, 11) is 3.66. The Labute approximate surface area is 43.1 Å². The van der Waals surface area contributed by atoms with E-state index in [1.165, 1.54) is 0 Å². The third-order valence-electron chi connectivity index (χ3n) is 1.32. The Morgan fingerprint density at radius 3 is 2.57 bits per heavy atom. The first-order valence-electron chi connectivity index (χ1n) is 2.60. The fourth-order valence-corrected chi connectivity index (χ4v) is 0.878. The molecule has 0 saturated carbocycles. The van der Waals surface area contributed by atoms with Crippen LogP contribution in [0.1, 0.15) is 6.42 Å². The first-order valence-corrected chi connectivity index (χ1v) is 2.60. The Morgan fingerprint density at radius 2 is 2.43 bits per heavy atom. The molecule has 2 heteroatoms. The van der Waals surface area contributed by atoms with Crippen LogP contribution in [-0.2, 0) is 0 Å². The normalized spacial score (nSPS) is 42.0. The smallest absolute Gasteiger partial charge is 0.152 e. The zero-order valence-electron chi connectivity index (χ0n) is 4.28. The number of rotatable bonds is 0. The van der Waals surface area contributed by atoms with Crippen LogP contribution in [0.4, 0.5) is 4.39 Å². The van der Waals surface area contributed by atoms with Crippen LogP contribution in [0.3, 0.4) is 0 Å². The van der Waals surface area contributed by atoms with Gasteiger partial charge in [0.2, 0.25) is 0 Å². The molecule has 0 radical (unpaired) electrons. The minimum absolute atomic E-state index is 0.576. The minimum Gasteiger partial charge on any atom is -0.465 e. The standard InChI is InChI=1S/C5H10FN/c1-7-3-2-5(6)4-7/h5,7H,1-4H2. The van der Waals surface area contributed by atoms with E-state index < -0.39 is 6.17 Å². The summed E-state index contributed by atoms with van der Waals surface area (Å²) in [5.74, 6) is 0. The van der Waals surface area contributed by atoms with Gasteiger partial charge in [0, 0.05) is 6.42 Å². The van der Waals surface area contributed by atoms with E-state index in [0.717, 1.165) is 11.4 Å². The molecule has 7 heavy (non-hydrogen) atoms. The molecule has 0 aromatic carbocycles. The van der Waals surface area contributed by atoms with Gasteiger partial charge in [0.15, 0.2) is 6.17 Å². The maximum absolute atomic E-state index is 12.1. The Hall–Kier alpha value is -0.110. The van der Waals surface area contributed by atoms with E-state index in [1.54, 1.807) is 0 Å². The van der Waals surface area contributed by atoms with Gasteiger partial charge in [-0.1, -0.05) is 0 Å². The van der Waals surface area contributed by atoms with E-state index in [1.807, 2.05) is 0 Å². The summed E-state index contributed by atoms with van der Waals surface area (Å²) in [4.78, 5) is 1.08. The zero-order valence-corrected chi connectivity index (χ0v) is 4.28. The van der Waals surface area contributed by atoms with Gasteiger partial charge in [0.05, 0.1) is 13.1 Å². The molecule has 0 aromatic rings. The van der Waals surface area contributed by atoms with Crippen LogP contribution in [-0.4, -0.2) is 19.3 Å². The highest BCUT2D eigenvalue weighted by Crippen LogP contribution is 1.95. The second-order valence-electron chi connectivity index (χ2n) is 2.09. The second kappa shape index (κ2) is 1.78. The van der Waals surface area contributed by atoms with Crippen LogP contribution in [0.2, 0.25) is 0 Å². The predicted octanol–water partition coefficient (Wildman–Crippen LogP) is -0.595. The number of nitrogens with one attached hydrogen (secondary N) is 1. The first-order chi connectivity index (χ1) is 3.29. The molecule has 1 fully saturated rings. The minimum atomic E-state index is -0.576. The maximum Gasteiger partial charge on any atom is 0.152 e. The molecule has 1 aliphatic heterocycles. The topological polar surface area (TPSA) is 4.44 Å². The summed E-state index contributed by atoms with van der Waals surface area (Å²) in [5, 5.41) is 0. The number of halogens is 1. The zero-order chi connectivity index (χ0) is 5.28. The van der Waals surface area contributed by atoms with E-state index in [2.05, 4.69) is 7.05 Å². The van der Waals surface area contributed by atoms with Gasteiger partial charge in [-0.05, 0) is 0 Å². The highest BCUT2D eigenvalue weighted by molar-refractivity contribution is 4.57. The molecule has 42 valence electrons. The molecule has 0 amide bonds. The average molecular weight is 103 g/mol. The summed E-state index contributed by atoms with van der Waals surface area (Å²) in [5.41, 5.74) is 0. The molecular weight excluding hydrogens is 93.1 g/mol. The van der Waals surface area contributed by atoms with Crippen molar-refractivity contribution in [2.24, 2.45) is 0 Å². The molecule has 1 nitrogen and oxygen atoms in total. The molecule has 1 heterocycles. The lowest BCUT2D eigenvalue weighted by atomic mass is 10.4. The van der Waals surface area contributed by atoms with E-state index in [9.17, 15) is 4.39 Å². The van der Waals surface area contributed by atoms with Crippen molar-refractivity contribution in [1.82, 2.24) is 0 Å². The number of hydrogen-bond donors (Lipinski definition) is 1. The quantitative estimate of drug-likeness (QED) is 0.391. The third kappa shape index (κ3) is 1.13. The van der Waals surface area contributed by atoms with Crippen molar-refractivity contribution in [2.45, 2.75) is 12.6 Å². The van der Waals surface area contributed by atoms with Gasteiger partial charge >= 0.3 is 0 Å². The Kier molecular flexibility index (Phi) is 1.28. The number of quaternary nitrogens is 1. The van der Waals surface area contributed by atoms with Crippen LogP contribution in [0.5, 0.6) is 0 Å². The average Bonchev–Trinajstić information content (AvgIpc) is 1.87. The van der Waals surface area contributed by atoms with Gasteiger partial charge in [-0.2, -0.15) is 7.05 Å². The van der Waals surface area contributed by atoms with Crippen LogP contribution in [0.15, 0.2) is 0 Å². The van der Waals surface area contributed by atoms with Gasteiger partial charge in [-0.25, -0.2) is 4.39 Å². The highest BCUT2D eigenvalue weighted by atomic mass is 19.1. The fraction of sp³-hybridized carbons (Fsp3) is 0.800. The van der Waals surface area contributed by atoms with E-state index in [0.29, 0.717) is 13.0 Å². The largest absolute Gasteiger partial charge is 0.465 e. The van der Waals surface area contributed by atoms with Crippen molar-refractivity contribution in [3.8, 4) is 0 Å². The molecular formula is C5H10FN. The first kappa shape index (κ1) is 5.04. The maximum atomic E-state index is 12.1. The molecule has 0 aromatic heterocycles. The fourth-order valence-electron chi connectivity index (χ4n) is 0.878. The van der Waals surface area contributed by atoms with E-state index >= 15 is 0 Å². The monoisotopic (exact) mass is 103 g/mol. The Balaban J connectivity index is 2.26. The van der Waals surface area contributed by atoms with Gasteiger partial charge in [0.1, 0.15) is 0 Å². The van der Waals surface area contributed by atoms with Gasteiger partial charge < -0.3 is 4.90 Å². The molecule has 2 unspecified atom stereocenters. The molecule has 1 N–H and O–H groups in total. The number of hydrogen-bond acceptors (Lipinski definition) is 0. The van der Waals surface area contributed by atoms with Crippen molar-refractivity contribution in [1.29, 1.82) is 0 Å². The van der Waals surface area contributed by atoms with Crippen LogP contribution < -0.4 is 4.90 Å². The summed E-state index contributed by atoms with van der Waals surface area (Å²) < 4.78 is 12.1. The van der Waals surface area contributed by atoms with Crippen LogP contribution in [0.25, 0.3) is 0 Å². The third-order valence-corrected chi connectivity index (χ3v) is 1.32. The lowest BCUT2D eigenvalue weighted by Crippen LogP contribution is -3.04. The lowest BCUT2D eigenvalue weighted by molar-refractivity contribution is -0.840. The molecule has 0 spiro atoms. The molecule has 0 bridgehead atoms.